The molecule has 0 saturated heterocycles. The maximum Gasteiger partial charge on any atom is 0.129 e. The minimum absolute atomic E-state index is 0.00320. The van der Waals surface area contributed by atoms with Gasteiger partial charge in [0.25, 0.3) is 0 Å². The fourth-order valence-electron chi connectivity index (χ4n) is 1.74. The molecule has 1 rings (SSSR count). The molecule has 0 spiro atoms. The van der Waals surface area contributed by atoms with Gasteiger partial charge < -0.3 is 10.4 Å². The van der Waals surface area contributed by atoms with E-state index in [0.29, 0.717) is 6.04 Å². The summed E-state index contributed by atoms with van der Waals surface area (Å²) >= 11 is 0. The van der Waals surface area contributed by atoms with Crippen LogP contribution in [-0.4, -0.2) is 17.7 Å². The van der Waals surface area contributed by atoms with E-state index in [1.54, 1.807) is 0 Å². The van der Waals surface area contributed by atoms with Crippen molar-refractivity contribution in [2.24, 2.45) is 0 Å². The highest BCUT2D eigenvalue weighted by molar-refractivity contribution is 5.21. The fraction of sp³-hybridized carbons (Fsp3) is 0.538. The molecule has 2 nitrogen and oxygen atoms in total. The van der Waals surface area contributed by atoms with Crippen LogP contribution in [0.1, 0.15) is 38.4 Å². The van der Waals surface area contributed by atoms with Crippen molar-refractivity contribution >= 4 is 0 Å². The van der Waals surface area contributed by atoms with Gasteiger partial charge in [0, 0.05) is 18.2 Å². The largest absolute Gasteiger partial charge is 0.387 e. The number of benzene rings is 1. The van der Waals surface area contributed by atoms with Gasteiger partial charge in [0.2, 0.25) is 0 Å². The summed E-state index contributed by atoms with van der Waals surface area (Å²) in [7, 11) is 0. The molecular weight excluding hydrogens is 224 g/mol. The summed E-state index contributed by atoms with van der Waals surface area (Å²) in [6, 6.07) is 3.40. The van der Waals surface area contributed by atoms with E-state index in [-0.39, 0.29) is 12.1 Å². The molecule has 2 N–H and O–H groups in total. The second-order valence-corrected chi connectivity index (χ2v) is 4.10. The number of hydrogen-bond donors (Lipinski definition) is 2. The van der Waals surface area contributed by atoms with Crippen LogP contribution in [0.2, 0.25) is 0 Å². The SMILES string of the molecule is CCC(CC)NCC(O)c1cc(F)ccc1F. The number of nitrogens with one attached hydrogen (secondary N) is 1. The first-order valence-electron chi connectivity index (χ1n) is 5.94. The molecule has 0 heterocycles. The smallest absolute Gasteiger partial charge is 0.129 e. The zero-order chi connectivity index (χ0) is 12.8. The Morgan fingerprint density at radius 2 is 1.88 bits per heavy atom. The lowest BCUT2D eigenvalue weighted by molar-refractivity contribution is 0.164. The van der Waals surface area contributed by atoms with E-state index in [4.69, 9.17) is 0 Å². The maximum atomic E-state index is 13.4. The lowest BCUT2D eigenvalue weighted by Crippen LogP contribution is -2.32. The Kier molecular flexibility index (Phi) is 5.51. The molecule has 1 atom stereocenters. The van der Waals surface area contributed by atoms with Gasteiger partial charge in [-0.15, -0.1) is 0 Å². The lowest BCUT2D eigenvalue weighted by atomic mass is 10.1. The van der Waals surface area contributed by atoms with Crippen molar-refractivity contribution in [3.05, 3.63) is 35.4 Å². The third-order valence-corrected chi connectivity index (χ3v) is 2.90. The molecule has 0 aliphatic carbocycles. The van der Waals surface area contributed by atoms with Crippen LogP contribution in [0.4, 0.5) is 8.78 Å². The second kappa shape index (κ2) is 6.67. The lowest BCUT2D eigenvalue weighted by Gasteiger charge is -2.18. The van der Waals surface area contributed by atoms with Crippen LogP contribution in [0, 0.1) is 11.6 Å². The van der Waals surface area contributed by atoms with Crippen LogP contribution >= 0.6 is 0 Å². The van der Waals surface area contributed by atoms with Gasteiger partial charge >= 0.3 is 0 Å². The van der Waals surface area contributed by atoms with Crippen molar-refractivity contribution in [2.45, 2.75) is 38.8 Å². The first-order valence-corrected chi connectivity index (χ1v) is 5.94. The molecule has 96 valence electrons. The average Bonchev–Trinajstić information content (AvgIpc) is 2.33. The van der Waals surface area contributed by atoms with E-state index in [0.717, 1.165) is 31.0 Å². The molecule has 1 aromatic rings. The highest BCUT2D eigenvalue weighted by atomic mass is 19.1. The Morgan fingerprint density at radius 3 is 2.47 bits per heavy atom. The van der Waals surface area contributed by atoms with E-state index in [9.17, 15) is 13.9 Å². The van der Waals surface area contributed by atoms with Crippen LogP contribution in [-0.2, 0) is 0 Å². The summed E-state index contributed by atoms with van der Waals surface area (Å²) in [6.07, 6.45) is 0.857. The van der Waals surface area contributed by atoms with Crippen molar-refractivity contribution in [3.63, 3.8) is 0 Å². The summed E-state index contributed by atoms with van der Waals surface area (Å²) in [5, 5.41) is 12.9. The Bertz CT molecular complexity index is 353. The first-order chi connectivity index (χ1) is 8.08. The van der Waals surface area contributed by atoms with Crippen LogP contribution < -0.4 is 5.32 Å². The minimum atomic E-state index is -1.02. The molecule has 0 aromatic heterocycles. The van der Waals surface area contributed by atoms with Crippen LogP contribution in [0.25, 0.3) is 0 Å². The third kappa shape index (κ3) is 4.06. The van der Waals surface area contributed by atoms with Crippen molar-refractivity contribution in [1.29, 1.82) is 0 Å². The van der Waals surface area contributed by atoms with Gasteiger partial charge in [-0.25, -0.2) is 8.78 Å². The van der Waals surface area contributed by atoms with Gasteiger partial charge in [0.05, 0.1) is 6.10 Å². The van der Waals surface area contributed by atoms with Crippen LogP contribution in [0.15, 0.2) is 18.2 Å². The molecular formula is C13H19F2NO. The molecule has 0 aliphatic heterocycles. The number of halogens is 2. The maximum absolute atomic E-state index is 13.4. The summed E-state index contributed by atoms with van der Waals surface area (Å²) in [4.78, 5) is 0. The number of aliphatic hydroxyl groups is 1. The molecule has 4 heteroatoms. The third-order valence-electron chi connectivity index (χ3n) is 2.90. The molecule has 0 fully saturated rings. The molecule has 1 aromatic carbocycles. The Labute approximate surface area is 101 Å². The van der Waals surface area contributed by atoms with E-state index in [2.05, 4.69) is 5.32 Å². The van der Waals surface area contributed by atoms with E-state index < -0.39 is 17.7 Å². The summed E-state index contributed by atoms with van der Waals surface area (Å²) in [6.45, 7) is 4.30. The topological polar surface area (TPSA) is 32.3 Å². The molecule has 0 radical (unpaired) electrons. The highest BCUT2D eigenvalue weighted by Crippen LogP contribution is 2.18. The molecule has 1 unspecified atom stereocenters. The zero-order valence-electron chi connectivity index (χ0n) is 10.2. The van der Waals surface area contributed by atoms with E-state index >= 15 is 0 Å². The molecule has 0 aliphatic rings. The van der Waals surface area contributed by atoms with Gasteiger partial charge in [0.15, 0.2) is 0 Å². The number of rotatable bonds is 6. The molecule has 0 saturated carbocycles. The van der Waals surface area contributed by atoms with E-state index in [1.165, 1.54) is 0 Å². The Morgan fingerprint density at radius 1 is 1.24 bits per heavy atom. The summed E-state index contributed by atoms with van der Waals surface area (Å²) < 4.78 is 26.3. The summed E-state index contributed by atoms with van der Waals surface area (Å²) in [5.41, 5.74) is 0.00320. The van der Waals surface area contributed by atoms with Gasteiger partial charge in [-0.3, -0.25) is 0 Å². The fourth-order valence-corrected chi connectivity index (χ4v) is 1.74. The van der Waals surface area contributed by atoms with E-state index in [1.807, 2.05) is 13.8 Å². The highest BCUT2D eigenvalue weighted by Gasteiger charge is 2.14. The Hall–Kier alpha value is -1.00. The van der Waals surface area contributed by atoms with Gasteiger partial charge in [-0.2, -0.15) is 0 Å². The predicted octanol–water partition coefficient (Wildman–Crippen LogP) is 2.78. The van der Waals surface area contributed by atoms with Crippen molar-refractivity contribution in [3.8, 4) is 0 Å². The van der Waals surface area contributed by atoms with Gasteiger partial charge in [0.1, 0.15) is 11.6 Å². The summed E-state index contributed by atoms with van der Waals surface area (Å²) in [5.74, 6) is -1.12. The first kappa shape index (κ1) is 14.1. The number of aliphatic hydroxyl groups excluding tert-OH is 1. The number of hydrogen-bond acceptors (Lipinski definition) is 2. The van der Waals surface area contributed by atoms with Crippen molar-refractivity contribution in [1.82, 2.24) is 5.32 Å². The van der Waals surface area contributed by atoms with Gasteiger partial charge in [-0.1, -0.05) is 13.8 Å². The Balaban J connectivity index is 2.63. The van der Waals surface area contributed by atoms with Crippen molar-refractivity contribution < 1.29 is 13.9 Å². The quantitative estimate of drug-likeness (QED) is 0.805. The minimum Gasteiger partial charge on any atom is -0.387 e. The normalized spacial score (nSPS) is 13.1. The second-order valence-electron chi connectivity index (χ2n) is 4.10. The average molecular weight is 243 g/mol. The standard InChI is InChI=1S/C13H19F2NO/c1-3-10(4-2)16-8-13(17)11-7-9(14)5-6-12(11)15/h5-7,10,13,16-17H,3-4,8H2,1-2H3. The predicted molar refractivity (Wildman–Crippen MR) is 63.7 cm³/mol. The van der Waals surface area contributed by atoms with Crippen LogP contribution in [0.5, 0.6) is 0 Å². The molecule has 0 amide bonds. The van der Waals surface area contributed by atoms with Crippen LogP contribution in [0.3, 0.4) is 0 Å². The van der Waals surface area contributed by atoms with Crippen molar-refractivity contribution in [2.75, 3.05) is 6.54 Å². The monoisotopic (exact) mass is 243 g/mol. The van der Waals surface area contributed by atoms with Gasteiger partial charge in [-0.05, 0) is 31.0 Å². The molecule has 0 bridgehead atoms. The molecule has 17 heavy (non-hydrogen) atoms. The zero-order valence-corrected chi connectivity index (χ0v) is 10.2.